The molecule has 1 aromatic carbocycles. The van der Waals surface area contributed by atoms with E-state index in [2.05, 4.69) is 5.32 Å². The number of carboxylic acid groups (broad SMARTS) is 1. The third-order valence-corrected chi connectivity index (χ3v) is 3.13. The Kier molecular flexibility index (Phi) is 6.54. The lowest BCUT2D eigenvalue weighted by Gasteiger charge is -2.18. The Morgan fingerprint density at radius 3 is 2.32 bits per heavy atom. The van der Waals surface area contributed by atoms with Crippen molar-refractivity contribution in [1.29, 1.82) is 5.26 Å². The number of aliphatic hydroxyl groups excluding tert-OH is 1. The van der Waals surface area contributed by atoms with Gasteiger partial charge in [0.15, 0.2) is 0 Å². The van der Waals surface area contributed by atoms with E-state index >= 15 is 0 Å². The van der Waals surface area contributed by atoms with Crippen molar-refractivity contribution in [2.75, 3.05) is 0 Å². The highest BCUT2D eigenvalue weighted by Gasteiger charge is 2.24. The Morgan fingerprint density at radius 2 is 1.86 bits per heavy atom. The molecule has 1 aromatic rings. The summed E-state index contributed by atoms with van der Waals surface area (Å²) in [6.07, 6.45) is -0.862. The van der Waals surface area contributed by atoms with Gasteiger partial charge in [-0.2, -0.15) is 5.26 Å². The Hall–Kier alpha value is -2.39. The van der Waals surface area contributed by atoms with E-state index in [9.17, 15) is 19.8 Å². The first-order valence-corrected chi connectivity index (χ1v) is 7.03. The average molecular weight is 304 g/mol. The van der Waals surface area contributed by atoms with Gasteiger partial charge in [-0.05, 0) is 30.0 Å². The maximum Gasteiger partial charge on any atom is 0.326 e. The number of rotatable bonds is 7. The molecular formula is C16H20N2O4. The zero-order valence-corrected chi connectivity index (χ0v) is 12.6. The number of benzene rings is 1. The number of nitrogens with zero attached hydrogens (tertiary/aromatic N) is 1. The van der Waals surface area contributed by atoms with Crippen molar-refractivity contribution < 1.29 is 19.8 Å². The van der Waals surface area contributed by atoms with Gasteiger partial charge in [-0.15, -0.1) is 0 Å². The van der Waals surface area contributed by atoms with Crippen molar-refractivity contribution in [2.24, 2.45) is 5.92 Å². The van der Waals surface area contributed by atoms with Crippen LogP contribution in [0.4, 0.5) is 0 Å². The molecule has 0 aromatic heterocycles. The summed E-state index contributed by atoms with van der Waals surface area (Å²) < 4.78 is 0. The molecule has 0 heterocycles. The molecule has 0 bridgehead atoms. The van der Waals surface area contributed by atoms with Crippen molar-refractivity contribution in [3.05, 3.63) is 35.4 Å². The Bertz CT molecular complexity index is 561. The number of amides is 1. The highest BCUT2D eigenvalue weighted by atomic mass is 16.4. The summed E-state index contributed by atoms with van der Waals surface area (Å²) in [5.74, 6) is -1.73. The fourth-order valence-corrected chi connectivity index (χ4v) is 1.97. The van der Waals surface area contributed by atoms with E-state index in [1.54, 1.807) is 24.3 Å². The minimum absolute atomic E-state index is 0.0845. The third kappa shape index (κ3) is 5.54. The first-order chi connectivity index (χ1) is 10.3. The van der Waals surface area contributed by atoms with E-state index in [4.69, 9.17) is 5.26 Å². The predicted molar refractivity (Wildman–Crippen MR) is 79.9 cm³/mol. The summed E-state index contributed by atoms with van der Waals surface area (Å²) >= 11 is 0. The number of carboxylic acids is 1. The van der Waals surface area contributed by atoms with Crippen LogP contribution in [-0.2, 0) is 16.0 Å². The van der Waals surface area contributed by atoms with Crippen molar-refractivity contribution in [2.45, 2.75) is 38.8 Å². The molecule has 0 aliphatic heterocycles. The monoisotopic (exact) mass is 304 g/mol. The molecule has 6 heteroatoms. The standard InChI is InChI=1S/C16H20N2O4/c1-10(2)7-14(19)15(20)18-13(16(21)22)8-11-3-5-12(9-17)6-4-11/h3-6,10,13-14,19H,7-8H2,1-2H3,(H,18,20)(H,21,22)/t13-,14+/m1/s1. The largest absolute Gasteiger partial charge is 0.480 e. The highest BCUT2D eigenvalue weighted by Crippen LogP contribution is 2.08. The van der Waals surface area contributed by atoms with Crippen LogP contribution in [0.25, 0.3) is 0 Å². The van der Waals surface area contributed by atoms with Gasteiger partial charge in [0.2, 0.25) is 5.91 Å². The number of aliphatic carboxylic acids is 1. The van der Waals surface area contributed by atoms with E-state index in [1.807, 2.05) is 19.9 Å². The minimum Gasteiger partial charge on any atom is -0.480 e. The first-order valence-electron chi connectivity index (χ1n) is 7.03. The fourth-order valence-electron chi connectivity index (χ4n) is 1.97. The van der Waals surface area contributed by atoms with Crippen LogP contribution in [0, 0.1) is 17.2 Å². The van der Waals surface area contributed by atoms with Crippen molar-refractivity contribution in [3.63, 3.8) is 0 Å². The van der Waals surface area contributed by atoms with Gasteiger partial charge in [0, 0.05) is 6.42 Å². The summed E-state index contributed by atoms with van der Waals surface area (Å²) in [7, 11) is 0. The molecule has 1 amide bonds. The van der Waals surface area contributed by atoms with Crippen LogP contribution >= 0.6 is 0 Å². The Balaban J connectivity index is 2.71. The summed E-state index contributed by atoms with van der Waals surface area (Å²) in [5.41, 5.74) is 1.16. The zero-order valence-electron chi connectivity index (χ0n) is 12.6. The quantitative estimate of drug-likeness (QED) is 0.698. The molecule has 2 atom stereocenters. The number of nitriles is 1. The van der Waals surface area contributed by atoms with E-state index in [-0.39, 0.29) is 18.8 Å². The number of hydrogen-bond acceptors (Lipinski definition) is 4. The summed E-state index contributed by atoms with van der Waals surface area (Å²) in [4.78, 5) is 23.1. The molecule has 0 unspecified atom stereocenters. The van der Waals surface area contributed by atoms with E-state index in [0.29, 0.717) is 11.1 Å². The second-order valence-electron chi connectivity index (χ2n) is 5.56. The molecule has 3 N–H and O–H groups in total. The molecule has 0 spiro atoms. The zero-order chi connectivity index (χ0) is 16.7. The molecule has 0 saturated heterocycles. The maximum absolute atomic E-state index is 11.8. The lowest BCUT2D eigenvalue weighted by molar-refractivity contribution is -0.143. The van der Waals surface area contributed by atoms with Crippen LogP contribution < -0.4 is 5.32 Å². The van der Waals surface area contributed by atoms with Gasteiger partial charge in [0.05, 0.1) is 11.6 Å². The van der Waals surface area contributed by atoms with Gasteiger partial charge in [-0.25, -0.2) is 4.79 Å². The lowest BCUT2D eigenvalue weighted by atomic mass is 10.0. The second-order valence-corrected chi connectivity index (χ2v) is 5.56. The molecule has 0 aliphatic carbocycles. The number of nitrogens with one attached hydrogen (secondary N) is 1. The first kappa shape index (κ1) is 17.7. The highest BCUT2D eigenvalue weighted by molar-refractivity contribution is 5.86. The Labute approximate surface area is 129 Å². The topological polar surface area (TPSA) is 110 Å². The molecule has 6 nitrogen and oxygen atoms in total. The van der Waals surface area contributed by atoms with Crippen molar-refractivity contribution >= 4 is 11.9 Å². The average Bonchev–Trinajstić information content (AvgIpc) is 2.46. The molecular weight excluding hydrogens is 284 g/mol. The molecule has 1 rings (SSSR count). The molecule has 0 radical (unpaired) electrons. The van der Waals surface area contributed by atoms with E-state index < -0.39 is 24.0 Å². The predicted octanol–water partition coefficient (Wildman–Crippen LogP) is 1.08. The van der Waals surface area contributed by atoms with Gasteiger partial charge in [0.1, 0.15) is 12.1 Å². The summed E-state index contributed by atoms with van der Waals surface area (Å²) in [5, 5.41) is 30.0. The summed E-state index contributed by atoms with van der Waals surface area (Å²) in [6, 6.07) is 7.32. The van der Waals surface area contributed by atoms with Crippen LogP contribution in [0.1, 0.15) is 31.4 Å². The van der Waals surface area contributed by atoms with Gasteiger partial charge >= 0.3 is 5.97 Å². The number of hydrogen-bond donors (Lipinski definition) is 3. The fraction of sp³-hybridized carbons (Fsp3) is 0.438. The normalized spacial score (nSPS) is 13.2. The van der Waals surface area contributed by atoms with Crippen molar-refractivity contribution in [1.82, 2.24) is 5.32 Å². The van der Waals surface area contributed by atoms with Crippen LogP contribution in [-0.4, -0.2) is 34.2 Å². The van der Waals surface area contributed by atoms with Crippen LogP contribution in [0.2, 0.25) is 0 Å². The lowest BCUT2D eigenvalue weighted by Crippen LogP contribution is -2.46. The van der Waals surface area contributed by atoms with Crippen LogP contribution in [0.5, 0.6) is 0 Å². The SMILES string of the molecule is CC(C)C[C@H](O)C(=O)N[C@H](Cc1ccc(C#N)cc1)C(=O)O. The van der Waals surface area contributed by atoms with E-state index in [1.165, 1.54) is 0 Å². The molecule has 0 aliphatic rings. The molecule has 0 saturated carbocycles. The van der Waals surface area contributed by atoms with E-state index in [0.717, 1.165) is 0 Å². The molecule has 22 heavy (non-hydrogen) atoms. The van der Waals surface area contributed by atoms with Gasteiger partial charge in [0.25, 0.3) is 0 Å². The third-order valence-electron chi connectivity index (χ3n) is 3.13. The maximum atomic E-state index is 11.8. The second kappa shape index (κ2) is 8.15. The van der Waals surface area contributed by atoms with Gasteiger partial charge in [-0.1, -0.05) is 26.0 Å². The van der Waals surface area contributed by atoms with Gasteiger partial charge < -0.3 is 15.5 Å². The smallest absolute Gasteiger partial charge is 0.326 e. The summed E-state index contributed by atoms with van der Waals surface area (Å²) in [6.45, 7) is 3.73. The van der Waals surface area contributed by atoms with Crippen LogP contribution in [0.15, 0.2) is 24.3 Å². The molecule has 0 fully saturated rings. The molecule has 118 valence electrons. The number of aliphatic hydroxyl groups is 1. The number of carbonyl (C=O) groups is 2. The number of carbonyl (C=O) groups excluding carboxylic acids is 1. The van der Waals surface area contributed by atoms with Gasteiger partial charge in [-0.3, -0.25) is 4.79 Å². The Morgan fingerprint density at radius 1 is 1.27 bits per heavy atom. The van der Waals surface area contributed by atoms with Crippen LogP contribution in [0.3, 0.4) is 0 Å². The van der Waals surface area contributed by atoms with Crippen molar-refractivity contribution in [3.8, 4) is 6.07 Å². The minimum atomic E-state index is -1.22.